The van der Waals surface area contributed by atoms with Crippen LogP contribution in [0, 0.1) is 10.1 Å². The Morgan fingerprint density at radius 3 is 2.48 bits per heavy atom. The van der Waals surface area contributed by atoms with Crippen molar-refractivity contribution in [3.63, 3.8) is 0 Å². The molecule has 0 amide bonds. The monoisotopic (exact) mass is 346 g/mol. The van der Waals surface area contributed by atoms with Gasteiger partial charge in [0.2, 0.25) is 0 Å². The van der Waals surface area contributed by atoms with E-state index in [-0.39, 0.29) is 23.5 Å². The summed E-state index contributed by atoms with van der Waals surface area (Å²) in [6, 6.07) is 9.28. The summed E-state index contributed by atoms with van der Waals surface area (Å²) in [5.41, 5.74) is 1.07. The van der Waals surface area contributed by atoms with Crippen LogP contribution in [0.5, 0.6) is 11.5 Å². The van der Waals surface area contributed by atoms with Gasteiger partial charge in [0.1, 0.15) is 17.2 Å². The molecular formula is C17H18N2O6. The van der Waals surface area contributed by atoms with Crippen LogP contribution in [0.25, 0.3) is 0 Å². The summed E-state index contributed by atoms with van der Waals surface area (Å²) in [7, 11) is 4.33. The Kier molecular flexibility index (Phi) is 5.78. The second-order valence-corrected chi connectivity index (χ2v) is 5.01. The molecule has 0 saturated carbocycles. The highest BCUT2D eigenvalue weighted by atomic mass is 16.6. The van der Waals surface area contributed by atoms with Crippen molar-refractivity contribution in [2.45, 2.75) is 6.54 Å². The van der Waals surface area contributed by atoms with Gasteiger partial charge in [0.15, 0.2) is 0 Å². The van der Waals surface area contributed by atoms with Crippen LogP contribution in [0.4, 0.5) is 11.4 Å². The fourth-order valence-electron chi connectivity index (χ4n) is 2.27. The fourth-order valence-corrected chi connectivity index (χ4v) is 2.27. The lowest BCUT2D eigenvalue weighted by Crippen LogP contribution is -2.07. The van der Waals surface area contributed by atoms with Gasteiger partial charge in [0.05, 0.1) is 31.8 Å². The Bertz CT molecular complexity index is 791. The molecule has 0 unspecified atom stereocenters. The number of carbonyl (C=O) groups excluding carboxylic acids is 1. The van der Waals surface area contributed by atoms with Crippen molar-refractivity contribution in [1.29, 1.82) is 0 Å². The molecule has 0 atom stereocenters. The van der Waals surface area contributed by atoms with Gasteiger partial charge in [-0.1, -0.05) is 0 Å². The van der Waals surface area contributed by atoms with Gasteiger partial charge in [0.25, 0.3) is 5.69 Å². The standard InChI is InChI=1S/C17H18N2O6/c1-23-13-6-4-12(16(9-13)24-2)10-18-14-8-11(17(20)25-3)5-7-15(14)19(21)22/h4-9,18H,10H2,1-3H3. The molecule has 0 bridgehead atoms. The predicted octanol–water partition coefficient (Wildman–Crippen LogP) is 3.01. The maximum atomic E-state index is 11.6. The Morgan fingerprint density at radius 2 is 1.88 bits per heavy atom. The molecule has 0 aliphatic carbocycles. The average Bonchev–Trinajstić information content (AvgIpc) is 2.64. The largest absolute Gasteiger partial charge is 0.497 e. The summed E-state index contributed by atoms with van der Waals surface area (Å²) in [6.07, 6.45) is 0. The van der Waals surface area contributed by atoms with Crippen LogP contribution >= 0.6 is 0 Å². The summed E-state index contributed by atoms with van der Waals surface area (Å²) in [5, 5.41) is 14.2. The third-order valence-corrected chi connectivity index (χ3v) is 3.58. The molecule has 8 heteroatoms. The Balaban J connectivity index is 2.30. The minimum atomic E-state index is -0.569. The molecule has 0 saturated heterocycles. The molecule has 0 aliphatic rings. The summed E-state index contributed by atoms with van der Waals surface area (Å²) in [4.78, 5) is 22.3. The van der Waals surface area contributed by atoms with Gasteiger partial charge in [-0.2, -0.15) is 0 Å². The van der Waals surface area contributed by atoms with Crippen molar-refractivity contribution in [2.75, 3.05) is 26.6 Å². The highest BCUT2D eigenvalue weighted by Gasteiger charge is 2.17. The van der Waals surface area contributed by atoms with Gasteiger partial charge in [-0.15, -0.1) is 0 Å². The maximum absolute atomic E-state index is 11.6. The number of benzene rings is 2. The van der Waals surface area contributed by atoms with E-state index in [1.807, 2.05) is 0 Å². The first-order chi connectivity index (χ1) is 12.0. The minimum Gasteiger partial charge on any atom is -0.497 e. The van der Waals surface area contributed by atoms with Crippen LogP contribution in [0.1, 0.15) is 15.9 Å². The van der Waals surface area contributed by atoms with Crippen LogP contribution < -0.4 is 14.8 Å². The fraction of sp³-hybridized carbons (Fsp3) is 0.235. The Morgan fingerprint density at radius 1 is 1.12 bits per heavy atom. The smallest absolute Gasteiger partial charge is 0.337 e. The van der Waals surface area contributed by atoms with E-state index in [0.29, 0.717) is 11.5 Å². The number of anilines is 1. The van der Waals surface area contributed by atoms with E-state index in [4.69, 9.17) is 9.47 Å². The lowest BCUT2D eigenvalue weighted by molar-refractivity contribution is -0.384. The number of nitrogens with zero attached hydrogens (tertiary/aromatic N) is 1. The highest BCUT2D eigenvalue weighted by Crippen LogP contribution is 2.29. The van der Waals surface area contributed by atoms with Crippen molar-refractivity contribution < 1.29 is 23.9 Å². The van der Waals surface area contributed by atoms with Crippen LogP contribution in [0.15, 0.2) is 36.4 Å². The quantitative estimate of drug-likeness (QED) is 0.467. The van der Waals surface area contributed by atoms with Crippen molar-refractivity contribution >= 4 is 17.3 Å². The van der Waals surface area contributed by atoms with Gasteiger partial charge >= 0.3 is 5.97 Å². The second kappa shape index (κ2) is 8.00. The van der Waals surface area contributed by atoms with Crippen molar-refractivity contribution in [2.24, 2.45) is 0 Å². The van der Waals surface area contributed by atoms with E-state index in [2.05, 4.69) is 10.1 Å². The van der Waals surface area contributed by atoms with Gasteiger partial charge < -0.3 is 19.5 Å². The lowest BCUT2D eigenvalue weighted by Gasteiger charge is -2.12. The first kappa shape index (κ1) is 18.1. The number of nitro groups is 1. The second-order valence-electron chi connectivity index (χ2n) is 5.01. The third kappa shape index (κ3) is 4.17. The van der Waals surface area contributed by atoms with E-state index in [0.717, 1.165) is 5.56 Å². The number of hydrogen-bond acceptors (Lipinski definition) is 7. The van der Waals surface area contributed by atoms with Gasteiger partial charge in [-0.3, -0.25) is 10.1 Å². The van der Waals surface area contributed by atoms with E-state index in [1.54, 1.807) is 25.3 Å². The van der Waals surface area contributed by atoms with Gasteiger partial charge in [-0.05, 0) is 24.3 Å². The highest BCUT2D eigenvalue weighted by molar-refractivity contribution is 5.91. The molecule has 0 heterocycles. The number of rotatable bonds is 7. The zero-order valence-electron chi connectivity index (χ0n) is 14.1. The molecule has 132 valence electrons. The van der Waals surface area contributed by atoms with Crippen molar-refractivity contribution in [3.05, 3.63) is 57.6 Å². The summed E-state index contributed by atoms with van der Waals surface area (Å²) in [6.45, 7) is 0.263. The van der Waals surface area contributed by atoms with Crippen LogP contribution in [-0.4, -0.2) is 32.2 Å². The number of methoxy groups -OCH3 is 3. The van der Waals surface area contributed by atoms with Crippen LogP contribution in [-0.2, 0) is 11.3 Å². The lowest BCUT2D eigenvalue weighted by atomic mass is 10.1. The molecular weight excluding hydrogens is 328 g/mol. The molecule has 2 aromatic carbocycles. The first-order valence-corrected chi connectivity index (χ1v) is 7.31. The molecule has 0 radical (unpaired) electrons. The molecule has 0 aromatic heterocycles. The number of hydrogen-bond donors (Lipinski definition) is 1. The Labute approximate surface area is 144 Å². The SMILES string of the molecule is COC(=O)c1ccc([N+](=O)[O-])c(NCc2ccc(OC)cc2OC)c1. The molecule has 8 nitrogen and oxygen atoms in total. The van der Waals surface area contributed by atoms with Crippen LogP contribution in [0.2, 0.25) is 0 Å². The van der Waals surface area contributed by atoms with Crippen molar-refractivity contribution in [3.8, 4) is 11.5 Å². The van der Waals surface area contributed by atoms with Gasteiger partial charge in [-0.25, -0.2) is 4.79 Å². The molecule has 0 spiro atoms. The molecule has 2 aromatic rings. The number of esters is 1. The first-order valence-electron chi connectivity index (χ1n) is 7.31. The number of nitro benzene ring substituents is 1. The average molecular weight is 346 g/mol. The third-order valence-electron chi connectivity index (χ3n) is 3.58. The molecule has 0 aliphatic heterocycles. The Hall–Kier alpha value is -3.29. The van der Waals surface area contributed by atoms with E-state index >= 15 is 0 Å². The maximum Gasteiger partial charge on any atom is 0.337 e. The number of nitrogens with one attached hydrogen (secondary N) is 1. The minimum absolute atomic E-state index is 0.139. The molecule has 2 rings (SSSR count). The van der Waals surface area contributed by atoms with E-state index in [9.17, 15) is 14.9 Å². The molecule has 25 heavy (non-hydrogen) atoms. The van der Waals surface area contributed by atoms with Crippen molar-refractivity contribution in [1.82, 2.24) is 0 Å². The number of carbonyl (C=O) groups is 1. The number of ether oxygens (including phenoxy) is 3. The van der Waals surface area contributed by atoms with Gasteiger partial charge in [0, 0.05) is 24.2 Å². The van der Waals surface area contributed by atoms with Crippen LogP contribution in [0.3, 0.4) is 0 Å². The van der Waals surface area contributed by atoms with E-state index < -0.39 is 10.9 Å². The normalized spacial score (nSPS) is 10.0. The molecule has 1 N–H and O–H groups in total. The predicted molar refractivity (Wildman–Crippen MR) is 91.3 cm³/mol. The summed E-state index contributed by atoms with van der Waals surface area (Å²) in [5.74, 6) is 0.651. The molecule has 0 fully saturated rings. The van der Waals surface area contributed by atoms with E-state index in [1.165, 1.54) is 32.4 Å². The summed E-state index contributed by atoms with van der Waals surface area (Å²) >= 11 is 0. The zero-order valence-corrected chi connectivity index (χ0v) is 14.1. The summed E-state index contributed by atoms with van der Waals surface area (Å²) < 4.78 is 15.1. The topological polar surface area (TPSA) is 99.9 Å². The zero-order chi connectivity index (χ0) is 18.4.